The molecule has 0 saturated carbocycles. The van der Waals surface area contributed by atoms with E-state index in [9.17, 15) is 15.3 Å². The molecule has 7 nitrogen and oxygen atoms in total. The third-order valence-corrected chi connectivity index (χ3v) is 2.68. The van der Waals surface area contributed by atoms with E-state index in [-0.39, 0.29) is 40.4 Å². The number of rotatable bonds is 7. The third-order valence-electron chi connectivity index (χ3n) is 2.14. The maximum Gasteiger partial charge on any atom is 1.00 e. The summed E-state index contributed by atoms with van der Waals surface area (Å²) in [5.74, 6) is 0. The first-order valence-corrected chi connectivity index (χ1v) is 5.64. The summed E-state index contributed by atoms with van der Waals surface area (Å²) in [6.07, 6.45) is -6.11. The Bertz CT molecular complexity index is 252. The van der Waals surface area contributed by atoms with Crippen molar-refractivity contribution >= 4 is 29.2 Å². The van der Waals surface area contributed by atoms with Crippen LogP contribution in [0.25, 0.3) is 0 Å². The van der Waals surface area contributed by atoms with Crippen LogP contribution in [-0.4, -0.2) is 79.5 Å². The van der Waals surface area contributed by atoms with Gasteiger partial charge in [-0.25, -0.2) is 5.43 Å². The Morgan fingerprint density at radius 2 is 1.67 bits per heavy atom. The second-order valence-electron chi connectivity index (χ2n) is 3.49. The zero-order chi connectivity index (χ0) is 13.6. The van der Waals surface area contributed by atoms with Gasteiger partial charge in [0.2, 0.25) is 0 Å². The molecular formula is C8H17N2NaO5S2. The van der Waals surface area contributed by atoms with E-state index in [1.54, 1.807) is 0 Å². The summed E-state index contributed by atoms with van der Waals surface area (Å²) in [5.41, 5.74) is 2.60. The number of hydrazine groups is 1. The molecule has 18 heavy (non-hydrogen) atoms. The van der Waals surface area contributed by atoms with E-state index in [4.69, 9.17) is 10.2 Å². The van der Waals surface area contributed by atoms with Crippen LogP contribution in [0.2, 0.25) is 0 Å². The van der Waals surface area contributed by atoms with E-state index in [1.165, 1.54) is 12.1 Å². The van der Waals surface area contributed by atoms with Crippen LogP contribution >= 0.6 is 12.2 Å². The van der Waals surface area contributed by atoms with E-state index in [1.807, 2.05) is 0 Å². The van der Waals surface area contributed by atoms with Crippen molar-refractivity contribution < 1.29 is 55.1 Å². The molecule has 0 aliphatic carbocycles. The molecule has 0 heterocycles. The van der Waals surface area contributed by atoms with Gasteiger partial charge >= 0.3 is 29.6 Å². The van der Waals surface area contributed by atoms with E-state index >= 15 is 0 Å². The topological polar surface area (TPSA) is 116 Å². The molecule has 0 bridgehead atoms. The molecule has 0 radical (unpaired) electrons. The molecule has 4 atom stereocenters. The molecular weight excluding hydrogens is 291 g/mol. The SMILES string of the molecule is CN(NC[C@H](O)[C@@H](O)[C@H](O)[C@H](O)CO)C(=S)[S-].[Na+]. The van der Waals surface area contributed by atoms with Crippen LogP contribution in [0.4, 0.5) is 0 Å². The zero-order valence-corrected chi connectivity index (χ0v) is 13.9. The van der Waals surface area contributed by atoms with Gasteiger partial charge in [0.15, 0.2) is 0 Å². The molecule has 0 aliphatic heterocycles. The Labute approximate surface area is 138 Å². The maximum atomic E-state index is 9.49. The predicted molar refractivity (Wildman–Crippen MR) is 66.8 cm³/mol. The summed E-state index contributed by atoms with van der Waals surface area (Å²) in [5, 5.41) is 47.2. The number of aliphatic hydroxyl groups excluding tert-OH is 5. The van der Waals surface area contributed by atoms with Crippen LogP contribution in [0.5, 0.6) is 0 Å². The number of thiocarbonyl (C=S) groups is 1. The van der Waals surface area contributed by atoms with E-state index < -0.39 is 31.0 Å². The molecule has 6 N–H and O–H groups in total. The molecule has 0 amide bonds. The van der Waals surface area contributed by atoms with Gasteiger partial charge in [-0.15, -0.1) is 0 Å². The number of hydrogen-bond acceptors (Lipinski definition) is 8. The Hall–Kier alpha value is 0.870. The van der Waals surface area contributed by atoms with Gasteiger partial charge in [0, 0.05) is 13.6 Å². The van der Waals surface area contributed by atoms with Crippen LogP contribution < -0.4 is 35.0 Å². The normalized spacial score (nSPS) is 17.2. The summed E-state index contributed by atoms with van der Waals surface area (Å²) >= 11 is 9.32. The van der Waals surface area contributed by atoms with Crippen molar-refractivity contribution in [1.82, 2.24) is 10.4 Å². The van der Waals surface area contributed by atoms with Crippen molar-refractivity contribution in [2.24, 2.45) is 0 Å². The minimum absolute atomic E-state index is 0. The second-order valence-corrected chi connectivity index (χ2v) is 4.52. The zero-order valence-electron chi connectivity index (χ0n) is 10.2. The molecule has 0 unspecified atom stereocenters. The van der Waals surface area contributed by atoms with Gasteiger partial charge in [-0.3, -0.25) is 0 Å². The minimum atomic E-state index is -1.64. The average molecular weight is 308 g/mol. The first kappa shape index (κ1) is 21.2. The van der Waals surface area contributed by atoms with Crippen molar-refractivity contribution in [1.29, 1.82) is 0 Å². The minimum Gasteiger partial charge on any atom is -0.410 e. The molecule has 0 spiro atoms. The molecule has 0 aromatic heterocycles. The molecule has 102 valence electrons. The second kappa shape index (κ2) is 10.6. The Morgan fingerprint density at radius 3 is 2.06 bits per heavy atom. The van der Waals surface area contributed by atoms with Crippen LogP contribution in [0.15, 0.2) is 0 Å². The maximum absolute atomic E-state index is 9.49. The number of aliphatic hydroxyl groups is 5. The Kier molecular flexibility index (Phi) is 12.5. The first-order chi connectivity index (χ1) is 7.81. The fourth-order valence-electron chi connectivity index (χ4n) is 0.979. The van der Waals surface area contributed by atoms with Crippen molar-refractivity contribution in [2.75, 3.05) is 20.2 Å². The largest absolute Gasteiger partial charge is 1.00 e. The molecule has 0 aromatic rings. The van der Waals surface area contributed by atoms with E-state index in [0.717, 1.165) is 0 Å². The summed E-state index contributed by atoms with van der Waals surface area (Å²) in [6.45, 7) is -0.835. The molecule has 0 fully saturated rings. The van der Waals surface area contributed by atoms with Gasteiger partial charge in [-0.2, -0.15) is 0 Å². The van der Waals surface area contributed by atoms with Crippen LogP contribution in [0.1, 0.15) is 0 Å². The fourth-order valence-corrected chi connectivity index (χ4v) is 1.11. The molecule has 0 rings (SSSR count). The van der Waals surface area contributed by atoms with Gasteiger partial charge in [-0.05, 0) is 4.32 Å². The molecule has 10 heteroatoms. The summed E-state index contributed by atoms with van der Waals surface area (Å²) in [6, 6.07) is 0. The van der Waals surface area contributed by atoms with Crippen molar-refractivity contribution in [3.05, 3.63) is 0 Å². The van der Waals surface area contributed by atoms with Gasteiger partial charge in [0.1, 0.15) is 18.3 Å². The third kappa shape index (κ3) is 7.46. The molecule has 0 aliphatic rings. The van der Waals surface area contributed by atoms with Crippen molar-refractivity contribution in [3.8, 4) is 0 Å². The van der Waals surface area contributed by atoms with Gasteiger partial charge in [-0.1, -0.05) is 0 Å². The smallest absolute Gasteiger partial charge is 0.410 e. The molecule has 0 aromatic carbocycles. The Balaban J connectivity index is 0. The van der Waals surface area contributed by atoms with Crippen LogP contribution in [-0.2, 0) is 12.6 Å². The summed E-state index contributed by atoms with van der Waals surface area (Å²) < 4.78 is 0.127. The van der Waals surface area contributed by atoms with Crippen molar-refractivity contribution in [2.45, 2.75) is 24.4 Å². The standard InChI is InChI=1S/C8H18N2O5S2.Na/c1-10(8(16)17)9-2-4(12)6(14)7(15)5(13)3-11;/h4-7,9,11-15H,2-3H2,1H3,(H,16,17);/q;+1/p-1/t4-,5+,6+,7+;/m0./s1. The number of nitrogens with one attached hydrogen (secondary N) is 1. The summed E-state index contributed by atoms with van der Waals surface area (Å²) in [7, 11) is 1.54. The number of hydrogen-bond donors (Lipinski definition) is 6. The first-order valence-electron chi connectivity index (χ1n) is 4.82. The van der Waals surface area contributed by atoms with Crippen LogP contribution in [0, 0.1) is 0 Å². The summed E-state index contributed by atoms with van der Waals surface area (Å²) in [4.78, 5) is 0. The van der Waals surface area contributed by atoms with Gasteiger partial charge < -0.3 is 55.4 Å². The fraction of sp³-hybridized carbons (Fsp3) is 0.875. The van der Waals surface area contributed by atoms with Gasteiger partial charge in [0.05, 0.1) is 12.7 Å². The molecule has 0 saturated heterocycles. The monoisotopic (exact) mass is 308 g/mol. The quantitative estimate of drug-likeness (QED) is 0.118. The number of nitrogens with zero attached hydrogens (tertiary/aromatic N) is 1. The van der Waals surface area contributed by atoms with Crippen molar-refractivity contribution in [3.63, 3.8) is 0 Å². The van der Waals surface area contributed by atoms with E-state index in [2.05, 4.69) is 30.3 Å². The van der Waals surface area contributed by atoms with Gasteiger partial charge in [0.25, 0.3) is 0 Å². The Morgan fingerprint density at radius 1 is 1.22 bits per heavy atom. The van der Waals surface area contributed by atoms with Crippen LogP contribution in [0.3, 0.4) is 0 Å². The van der Waals surface area contributed by atoms with E-state index in [0.29, 0.717) is 0 Å². The predicted octanol–water partition coefficient (Wildman–Crippen LogP) is -6.31. The average Bonchev–Trinajstić information content (AvgIpc) is 2.32.